The van der Waals surface area contributed by atoms with E-state index in [2.05, 4.69) is 0 Å². The van der Waals surface area contributed by atoms with Crippen LogP contribution in [0.4, 0.5) is 13.2 Å². The van der Waals surface area contributed by atoms with Gasteiger partial charge in [-0.2, -0.15) is 13.2 Å². The lowest BCUT2D eigenvalue weighted by atomic mass is 9.69. The number of aliphatic hydroxyl groups is 2. The standard InChI is InChI=1S/C19H27F3N2O3/c20-19(21,22)13-6-8-18(27,9-7-13)14(17(24)26)11-16(25)15(23)10-12-4-2-1-3-5-12/h1-5,13-16,25,27H,6-11,23H2,(H2,24,26)/t13?,14-,15+,16+,18?/m1/s1. The SMILES string of the molecule is NC(=O)[C@@H](C[C@H](O)[C@@H](N)Cc1ccccc1)C1(O)CCC(C(F)(F)F)CC1. The van der Waals surface area contributed by atoms with Gasteiger partial charge in [0.25, 0.3) is 0 Å². The molecule has 1 aromatic rings. The molecule has 27 heavy (non-hydrogen) atoms. The Bertz CT molecular complexity index is 616. The van der Waals surface area contributed by atoms with Crippen LogP contribution in [0, 0.1) is 11.8 Å². The van der Waals surface area contributed by atoms with Crippen molar-refractivity contribution < 1.29 is 28.2 Å². The zero-order valence-corrected chi connectivity index (χ0v) is 15.0. The maximum Gasteiger partial charge on any atom is 0.391 e. The second-order valence-electron chi connectivity index (χ2n) is 7.53. The Morgan fingerprint density at radius 1 is 1.22 bits per heavy atom. The van der Waals surface area contributed by atoms with Crippen LogP contribution in [0.2, 0.25) is 0 Å². The Balaban J connectivity index is 2.01. The van der Waals surface area contributed by atoms with Gasteiger partial charge in [-0.1, -0.05) is 30.3 Å². The third kappa shape index (κ3) is 5.67. The lowest BCUT2D eigenvalue weighted by Crippen LogP contribution is -2.51. The largest absolute Gasteiger partial charge is 0.391 e. The van der Waals surface area contributed by atoms with Gasteiger partial charge in [0.1, 0.15) is 0 Å². The van der Waals surface area contributed by atoms with E-state index >= 15 is 0 Å². The van der Waals surface area contributed by atoms with E-state index in [1.165, 1.54) is 0 Å². The number of aliphatic hydroxyl groups excluding tert-OH is 1. The molecule has 1 aromatic carbocycles. The number of primary amides is 1. The van der Waals surface area contributed by atoms with E-state index < -0.39 is 41.7 Å². The van der Waals surface area contributed by atoms with Crippen LogP contribution in [0.1, 0.15) is 37.7 Å². The number of halogens is 3. The highest BCUT2D eigenvalue weighted by Crippen LogP contribution is 2.44. The zero-order valence-electron chi connectivity index (χ0n) is 15.0. The maximum absolute atomic E-state index is 12.8. The second kappa shape index (κ2) is 8.58. The molecule has 0 saturated heterocycles. The van der Waals surface area contributed by atoms with Gasteiger partial charge < -0.3 is 21.7 Å². The van der Waals surface area contributed by atoms with E-state index in [9.17, 15) is 28.2 Å². The van der Waals surface area contributed by atoms with Crippen LogP contribution >= 0.6 is 0 Å². The summed E-state index contributed by atoms with van der Waals surface area (Å²) in [4.78, 5) is 11.9. The maximum atomic E-state index is 12.8. The van der Waals surface area contributed by atoms with Gasteiger partial charge in [0.2, 0.25) is 5.91 Å². The Hall–Kier alpha value is -1.64. The van der Waals surface area contributed by atoms with Crippen molar-refractivity contribution in [2.45, 2.75) is 62.4 Å². The fourth-order valence-corrected chi connectivity index (χ4v) is 3.83. The molecule has 0 unspecified atom stereocenters. The van der Waals surface area contributed by atoms with E-state index in [0.29, 0.717) is 6.42 Å². The van der Waals surface area contributed by atoms with Crippen molar-refractivity contribution >= 4 is 5.91 Å². The van der Waals surface area contributed by atoms with Gasteiger partial charge in [0.05, 0.1) is 23.5 Å². The molecule has 6 N–H and O–H groups in total. The molecule has 0 aliphatic heterocycles. The van der Waals surface area contributed by atoms with Crippen molar-refractivity contribution in [3.8, 4) is 0 Å². The summed E-state index contributed by atoms with van der Waals surface area (Å²) in [7, 11) is 0. The minimum absolute atomic E-state index is 0.184. The first-order valence-electron chi connectivity index (χ1n) is 9.09. The van der Waals surface area contributed by atoms with E-state index in [1.807, 2.05) is 30.3 Å². The highest BCUT2D eigenvalue weighted by Gasteiger charge is 2.49. The molecular formula is C19H27F3N2O3. The predicted molar refractivity (Wildman–Crippen MR) is 94.4 cm³/mol. The first kappa shape index (κ1) is 21.7. The average Bonchev–Trinajstić information content (AvgIpc) is 2.59. The molecule has 1 aliphatic carbocycles. The van der Waals surface area contributed by atoms with E-state index in [-0.39, 0.29) is 32.1 Å². The number of benzene rings is 1. The Morgan fingerprint density at radius 2 is 1.78 bits per heavy atom. The van der Waals surface area contributed by atoms with Crippen LogP contribution < -0.4 is 11.5 Å². The second-order valence-corrected chi connectivity index (χ2v) is 7.53. The molecule has 1 amide bonds. The summed E-state index contributed by atoms with van der Waals surface area (Å²) >= 11 is 0. The van der Waals surface area contributed by atoms with E-state index in [0.717, 1.165) is 5.56 Å². The molecule has 3 atom stereocenters. The molecular weight excluding hydrogens is 361 g/mol. The highest BCUT2D eigenvalue weighted by molar-refractivity contribution is 5.78. The predicted octanol–water partition coefficient (Wildman–Crippen LogP) is 1.89. The van der Waals surface area contributed by atoms with Crippen molar-refractivity contribution in [3.63, 3.8) is 0 Å². The van der Waals surface area contributed by atoms with E-state index in [4.69, 9.17) is 11.5 Å². The molecule has 152 valence electrons. The molecule has 1 saturated carbocycles. The number of amides is 1. The smallest absolute Gasteiger partial charge is 0.391 e. The van der Waals surface area contributed by atoms with Crippen LogP contribution in [0.15, 0.2) is 30.3 Å². The van der Waals surface area contributed by atoms with Crippen LogP contribution in [0.25, 0.3) is 0 Å². The Morgan fingerprint density at radius 3 is 2.26 bits per heavy atom. The van der Waals surface area contributed by atoms with Gasteiger partial charge >= 0.3 is 6.18 Å². The molecule has 0 radical (unpaired) electrons. The minimum Gasteiger partial charge on any atom is -0.391 e. The summed E-state index contributed by atoms with van der Waals surface area (Å²) < 4.78 is 38.5. The summed E-state index contributed by atoms with van der Waals surface area (Å²) in [5.41, 5.74) is 10.7. The van der Waals surface area contributed by atoms with E-state index in [1.54, 1.807) is 0 Å². The van der Waals surface area contributed by atoms with Crippen molar-refractivity contribution in [2.24, 2.45) is 23.3 Å². The number of hydrogen-bond acceptors (Lipinski definition) is 4. The van der Waals surface area contributed by atoms with Crippen molar-refractivity contribution in [2.75, 3.05) is 0 Å². The van der Waals surface area contributed by atoms with Crippen LogP contribution in [0.5, 0.6) is 0 Å². The quantitative estimate of drug-likeness (QED) is 0.572. The average molecular weight is 388 g/mol. The molecule has 8 heteroatoms. The van der Waals surface area contributed by atoms with Crippen LogP contribution in [-0.2, 0) is 11.2 Å². The fraction of sp³-hybridized carbons (Fsp3) is 0.632. The monoisotopic (exact) mass is 388 g/mol. The first-order valence-corrected chi connectivity index (χ1v) is 9.09. The third-order valence-electron chi connectivity index (χ3n) is 5.59. The number of carbonyl (C=O) groups excluding carboxylic acids is 1. The van der Waals surface area contributed by atoms with Crippen LogP contribution in [0.3, 0.4) is 0 Å². The first-order chi connectivity index (χ1) is 12.5. The lowest BCUT2D eigenvalue weighted by molar-refractivity contribution is -0.197. The Labute approximate surface area is 156 Å². The summed E-state index contributed by atoms with van der Waals surface area (Å²) in [6.45, 7) is 0. The van der Waals surface area contributed by atoms with Gasteiger partial charge in [-0.15, -0.1) is 0 Å². The third-order valence-corrected chi connectivity index (χ3v) is 5.59. The highest BCUT2D eigenvalue weighted by atomic mass is 19.4. The minimum atomic E-state index is -4.32. The topological polar surface area (TPSA) is 110 Å². The van der Waals surface area contributed by atoms with Crippen molar-refractivity contribution in [1.29, 1.82) is 0 Å². The number of nitrogens with two attached hydrogens (primary N) is 2. The molecule has 0 bridgehead atoms. The lowest BCUT2D eigenvalue weighted by Gasteiger charge is -2.41. The molecule has 0 aromatic heterocycles. The van der Waals surface area contributed by atoms with Crippen molar-refractivity contribution in [3.05, 3.63) is 35.9 Å². The number of hydrogen-bond donors (Lipinski definition) is 4. The Kier molecular flexibility index (Phi) is 6.88. The summed E-state index contributed by atoms with van der Waals surface area (Å²) in [6.07, 6.45) is -6.17. The fourth-order valence-electron chi connectivity index (χ4n) is 3.83. The van der Waals surface area contributed by atoms with Gasteiger partial charge in [-0.25, -0.2) is 0 Å². The molecule has 1 aliphatic rings. The summed E-state index contributed by atoms with van der Waals surface area (Å²) in [5.74, 6) is -3.48. The van der Waals surface area contributed by atoms with Gasteiger partial charge in [0, 0.05) is 6.04 Å². The zero-order chi connectivity index (χ0) is 20.2. The molecule has 5 nitrogen and oxygen atoms in total. The van der Waals surface area contributed by atoms with Gasteiger partial charge in [-0.05, 0) is 44.1 Å². The molecule has 2 rings (SSSR count). The molecule has 1 fully saturated rings. The molecule has 0 heterocycles. The number of rotatable bonds is 7. The van der Waals surface area contributed by atoms with Gasteiger partial charge in [-0.3, -0.25) is 4.79 Å². The summed E-state index contributed by atoms with van der Waals surface area (Å²) in [6, 6.07) is 8.53. The van der Waals surface area contributed by atoms with Crippen molar-refractivity contribution in [1.82, 2.24) is 0 Å². The number of alkyl halides is 3. The molecule has 0 spiro atoms. The normalized spacial score (nSPS) is 27.0. The summed E-state index contributed by atoms with van der Waals surface area (Å²) in [5, 5.41) is 21.2. The van der Waals surface area contributed by atoms with Gasteiger partial charge in [0.15, 0.2) is 0 Å². The van der Waals surface area contributed by atoms with Crippen LogP contribution in [-0.4, -0.2) is 40.0 Å². The number of carbonyl (C=O) groups is 1.